The van der Waals surface area contributed by atoms with Gasteiger partial charge >= 0.3 is 6.09 Å². The molecule has 4 aliphatic rings. The van der Waals surface area contributed by atoms with E-state index in [2.05, 4.69) is 0 Å². The Balaban J connectivity index is 1.41. The molecule has 1 aromatic heterocycles. The van der Waals surface area contributed by atoms with Crippen LogP contribution >= 0.6 is 11.6 Å². The van der Waals surface area contributed by atoms with Gasteiger partial charge in [-0.15, -0.1) is 0 Å². The first-order valence-corrected chi connectivity index (χ1v) is 15.2. The third kappa shape index (κ3) is 5.55. The van der Waals surface area contributed by atoms with E-state index in [-0.39, 0.29) is 84.7 Å². The number of likely N-dealkylation sites (tertiary alicyclic amines) is 1. The lowest BCUT2D eigenvalue weighted by atomic mass is 9.97. The first kappa shape index (κ1) is 30.8. The van der Waals surface area contributed by atoms with Crippen molar-refractivity contribution in [3.8, 4) is 17.0 Å². The van der Waals surface area contributed by atoms with Gasteiger partial charge in [-0.1, -0.05) is 23.7 Å². The Bertz CT molecular complexity index is 1490. The number of nitrogens with zero attached hydrogens (tertiary/aromatic N) is 5. The summed E-state index contributed by atoms with van der Waals surface area (Å²) in [6.45, 7) is 9.73. The van der Waals surface area contributed by atoms with Gasteiger partial charge < -0.3 is 24.2 Å². The lowest BCUT2D eigenvalue weighted by molar-refractivity contribution is -0.143. The normalized spacial score (nSPS) is 24.7. The fraction of sp³-hybridized carbons (Fsp3) is 0.581. The molecule has 238 valence electrons. The van der Waals surface area contributed by atoms with E-state index in [9.17, 15) is 18.4 Å². The molecular weight excluding hydrogens is 599 g/mol. The monoisotopic (exact) mass is 635 g/mol. The Hall–Kier alpha value is -3.25. The van der Waals surface area contributed by atoms with Gasteiger partial charge in [-0.2, -0.15) is 0 Å². The largest absolute Gasteiger partial charge is 0.489 e. The quantitative estimate of drug-likeness (QED) is 0.453. The molecule has 3 fully saturated rings. The fourth-order valence-electron chi connectivity index (χ4n) is 6.60. The minimum Gasteiger partial charge on any atom is -0.489 e. The number of rotatable bonds is 3. The summed E-state index contributed by atoms with van der Waals surface area (Å²) in [6, 6.07) is 5.39. The zero-order chi connectivity index (χ0) is 31.8. The van der Waals surface area contributed by atoms with Crippen molar-refractivity contribution in [3.05, 3.63) is 40.7 Å². The van der Waals surface area contributed by atoms with Gasteiger partial charge in [-0.05, 0) is 53.2 Å². The molecule has 0 aliphatic carbocycles. The molecule has 1 aromatic carbocycles. The van der Waals surface area contributed by atoms with Crippen LogP contribution in [0.3, 0.4) is 0 Å². The van der Waals surface area contributed by atoms with E-state index < -0.39 is 35.0 Å². The van der Waals surface area contributed by atoms with Crippen LogP contribution in [0.15, 0.2) is 24.3 Å². The minimum atomic E-state index is -2.72. The summed E-state index contributed by atoms with van der Waals surface area (Å²) in [6.07, 6.45) is 0.0821. The number of alkyl halides is 2. The van der Waals surface area contributed by atoms with Crippen LogP contribution in [0.5, 0.6) is 5.75 Å². The zero-order valence-electron chi connectivity index (χ0n) is 25.5. The molecule has 0 spiro atoms. The number of hydrogen-bond donors (Lipinski definition) is 0. The Morgan fingerprint density at radius 1 is 1.11 bits per heavy atom. The number of fused-ring (bicyclic) bond motifs is 2. The van der Waals surface area contributed by atoms with E-state index >= 15 is 4.39 Å². The molecule has 2 aromatic rings. The Labute approximate surface area is 259 Å². The van der Waals surface area contributed by atoms with E-state index in [4.69, 9.17) is 26.1 Å². The topological polar surface area (TPSA) is 78.5 Å². The van der Waals surface area contributed by atoms with Crippen molar-refractivity contribution >= 4 is 29.4 Å². The summed E-state index contributed by atoms with van der Waals surface area (Å²) in [5.74, 6) is -3.27. The van der Waals surface area contributed by atoms with Crippen molar-refractivity contribution < 1.29 is 32.2 Å². The van der Waals surface area contributed by atoms with Gasteiger partial charge in [0, 0.05) is 43.3 Å². The maximum absolute atomic E-state index is 15.1. The van der Waals surface area contributed by atoms with Crippen molar-refractivity contribution in [2.75, 3.05) is 50.8 Å². The summed E-state index contributed by atoms with van der Waals surface area (Å²) < 4.78 is 54.6. The smallest absolute Gasteiger partial charge is 0.410 e. The SMILES string of the molecule is CC(C)(C)OC(=O)N1CCN2C(=O)c3c(N4CC(N5CC(F)(F)C5)CC4(C)C)nc(-c4ccccc4F)c(Cl)c3OC[C@H]2C1. The van der Waals surface area contributed by atoms with Crippen LogP contribution in [0.1, 0.15) is 51.4 Å². The van der Waals surface area contributed by atoms with Crippen LogP contribution in [0.25, 0.3) is 11.3 Å². The third-order valence-electron chi connectivity index (χ3n) is 8.73. The molecule has 13 heteroatoms. The van der Waals surface area contributed by atoms with Gasteiger partial charge in [-0.25, -0.2) is 22.9 Å². The van der Waals surface area contributed by atoms with E-state index in [1.807, 2.05) is 18.7 Å². The lowest BCUT2D eigenvalue weighted by Gasteiger charge is -2.42. The number of carbonyl (C=O) groups excluding carboxylic acids is 2. The molecule has 9 nitrogen and oxygen atoms in total. The van der Waals surface area contributed by atoms with Crippen LogP contribution in [0.2, 0.25) is 5.02 Å². The molecule has 5 heterocycles. The Morgan fingerprint density at radius 3 is 2.48 bits per heavy atom. The molecule has 2 atom stereocenters. The maximum atomic E-state index is 15.1. The fourth-order valence-corrected chi connectivity index (χ4v) is 6.89. The number of aromatic nitrogens is 1. The van der Waals surface area contributed by atoms with Gasteiger partial charge in [0.15, 0.2) is 5.75 Å². The lowest BCUT2D eigenvalue weighted by Crippen LogP contribution is -2.60. The predicted octanol–water partition coefficient (Wildman–Crippen LogP) is 5.30. The van der Waals surface area contributed by atoms with Gasteiger partial charge in [0.1, 0.15) is 34.4 Å². The first-order valence-electron chi connectivity index (χ1n) is 14.8. The van der Waals surface area contributed by atoms with Crippen molar-refractivity contribution in [1.29, 1.82) is 0 Å². The summed E-state index contributed by atoms with van der Waals surface area (Å²) in [4.78, 5) is 39.0. The van der Waals surface area contributed by atoms with Crippen LogP contribution in [-0.4, -0.2) is 107 Å². The van der Waals surface area contributed by atoms with Gasteiger partial charge in [0.25, 0.3) is 11.8 Å². The standard InChI is InChI=1S/C31H37ClF3N5O4/c1-29(2,3)44-28(42)37-10-11-39-19(13-37)15-43-25-22(27(39)41)26(36-24(23(25)32)20-8-6-7-9-21(20)33)40-14-18(12-30(40,4)5)38-16-31(34,35)17-38/h6-9,18-19H,10-17H2,1-5H3/t18?,19-/m1/s1. The average Bonchev–Trinajstić information content (AvgIpc) is 3.15. The molecule has 0 saturated carbocycles. The number of halogens is 4. The highest BCUT2D eigenvalue weighted by Gasteiger charge is 2.52. The zero-order valence-corrected chi connectivity index (χ0v) is 26.3. The highest BCUT2D eigenvalue weighted by Crippen LogP contribution is 2.47. The molecule has 6 rings (SSSR count). The second-order valence-electron chi connectivity index (χ2n) is 13.7. The minimum absolute atomic E-state index is 0.00184. The van der Waals surface area contributed by atoms with Crippen LogP contribution < -0.4 is 9.64 Å². The van der Waals surface area contributed by atoms with Crippen molar-refractivity contribution in [1.82, 2.24) is 19.7 Å². The number of ether oxygens (including phenoxy) is 2. The molecule has 0 N–H and O–H groups in total. The molecule has 44 heavy (non-hydrogen) atoms. The summed E-state index contributed by atoms with van der Waals surface area (Å²) in [5.41, 5.74) is -0.851. The molecule has 0 radical (unpaired) electrons. The highest BCUT2D eigenvalue weighted by molar-refractivity contribution is 6.35. The molecule has 1 unspecified atom stereocenters. The van der Waals surface area contributed by atoms with Gasteiger partial charge in [0.05, 0.1) is 24.8 Å². The number of piperazine rings is 1. The van der Waals surface area contributed by atoms with E-state index in [0.717, 1.165) is 0 Å². The number of benzene rings is 1. The van der Waals surface area contributed by atoms with E-state index in [0.29, 0.717) is 13.0 Å². The number of pyridine rings is 1. The Kier molecular flexibility index (Phi) is 7.47. The van der Waals surface area contributed by atoms with E-state index in [1.54, 1.807) is 53.7 Å². The van der Waals surface area contributed by atoms with Gasteiger partial charge in [-0.3, -0.25) is 9.69 Å². The van der Waals surface area contributed by atoms with Crippen LogP contribution in [0.4, 0.5) is 23.8 Å². The summed E-state index contributed by atoms with van der Waals surface area (Å²) in [7, 11) is 0. The first-order chi connectivity index (χ1) is 20.5. The third-order valence-corrected chi connectivity index (χ3v) is 9.08. The average molecular weight is 636 g/mol. The predicted molar refractivity (Wildman–Crippen MR) is 159 cm³/mol. The van der Waals surface area contributed by atoms with Crippen molar-refractivity contribution in [2.24, 2.45) is 0 Å². The highest BCUT2D eigenvalue weighted by atomic mass is 35.5. The van der Waals surface area contributed by atoms with Gasteiger partial charge in [0.2, 0.25) is 0 Å². The van der Waals surface area contributed by atoms with Crippen molar-refractivity contribution in [2.45, 2.75) is 70.2 Å². The van der Waals surface area contributed by atoms with Crippen LogP contribution in [0, 0.1) is 5.82 Å². The molecule has 4 aliphatic heterocycles. The number of amides is 2. The summed E-state index contributed by atoms with van der Waals surface area (Å²) >= 11 is 6.89. The van der Waals surface area contributed by atoms with Crippen LogP contribution in [-0.2, 0) is 4.74 Å². The number of anilines is 1. The molecule has 2 amide bonds. The molecule has 0 bridgehead atoms. The van der Waals surface area contributed by atoms with E-state index in [1.165, 1.54) is 6.07 Å². The van der Waals surface area contributed by atoms with Crippen molar-refractivity contribution in [3.63, 3.8) is 0 Å². The number of hydrogen-bond acceptors (Lipinski definition) is 7. The number of carbonyl (C=O) groups is 2. The maximum Gasteiger partial charge on any atom is 0.410 e. The second-order valence-corrected chi connectivity index (χ2v) is 14.1. The Morgan fingerprint density at radius 2 is 1.82 bits per heavy atom. The summed E-state index contributed by atoms with van der Waals surface area (Å²) in [5, 5.41) is 0.00184. The molecular formula is C31H37ClF3N5O4. The molecule has 3 saturated heterocycles. The second kappa shape index (κ2) is 10.7.